The Bertz CT molecular complexity index is 227. The summed E-state index contributed by atoms with van der Waals surface area (Å²) < 4.78 is 26.3. The van der Waals surface area contributed by atoms with Crippen LogP contribution in [0.15, 0.2) is 0 Å². The zero-order valence-electron chi connectivity index (χ0n) is 9.02. The maximum atomic E-state index is 13.2. The minimum atomic E-state index is -2.38. The van der Waals surface area contributed by atoms with Gasteiger partial charge in [-0.3, -0.25) is 0 Å². The van der Waals surface area contributed by atoms with Crippen molar-refractivity contribution in [2.75, 3.05) is 13.1 Å². The van der Waals surface area contributed by atoms with Crippen molar-refractivity contribution >= 4 is 0 Å². The van der Waals surface area contributed by atoms with Gasteiger partial charge in [0, 0.05) is 25.4 Å². The summed E-state index contributed by atoms with van der Waals surface area (Å²) in [6.45, 7) is 6.19. The van der Waals surface area contributed by atoms with E-state index in [9.17, 15) is 8.78 Å². The molecule has 14 heavy (non-hydrogen) atoms. The normalized spacial score (nSPS) is 37.5. The van der Waals surface area contributed by atoms with E-state index in [2.05, 4.69) is 18.7 Å². The van der Waals surface area contributed by atoms with Gasteiger partial charge in [0.15, 0.2) is 0 Å². The molecular weight excluding hydrogens is 184 g/mol. The van der Waals surface area contributed by atoms with E-state index in [0.717, 1.165) is 25.9 Å². The zero-order valence-corrected chi connectivity index (χ0v) is 9.02. The van der Waals surface area contributed by atoms with Crippen LogP contribution < -0.4 is 0 Å². The van der Waals surface area contributed by atoms with E-state index in [1.54, 1.807) is 0 Å². The Kier molecular flexibility index (Phi) is 2.33. The molecule has 2 rings (SSSR count). The number of hydrogen-bond acceptors (Lipinski definition) is 1. The largest absolute Gasteiger partial charge is 0.300 e. The molecule has 1 spiro atoms. The maximum absolute atomic E-state index is 13.2. The van der Waals surface area contributed by atoms with E-state index >= 15 is 0 Å². The first kappa shape index (κ1) is 10.3. The smallest absolute Gasteiger partial charge is 0.248 e. The number of likely N-dealkylation sites (tertiary alicyclic amines) is 1. The van der Waals surface area contributed by atoms with E-state index in [4.69, 9.17) is 0 Å². The second kappa shape index (κ2) is 3.16. The summed E-state index contributed by atoms with van der Waals surface area (Å²) in [5, 5.41) is 0. The summed E-state index contributed by atoms with van der Waals surface area (Å²) in [6.07, 6.45) is 1.94. The summed E-state index contributed by atoms with van der Waals surface area (Å²) in [5.74, 6) is -2.38. The summed E-state index contributed by atoms with van der Waals surface area (Å²) in [4.78, 5) is 2.33. The van der Waals surface area contributed by atoms with Crippen molar-refractivity contribution in [1.29, 1.82) is 0 Å². The van der Waals surface area contributed by atoms with Gasteiger partial charge < -0.3 is 4.90 Å². The third-order valence-corrected chi connectivity index (χ3v) is 3.85. The van der Waals surface area contributed by atoms with E-state index in [-0.39, 0.29) is 18.3 Å². The van der Waals surface area contributed by atoms with Crippen molar-refractivity contribution in [2.24, 2.45) is 5.41 Å². The molecule has 1 atom stereocenters. The van der Waals surface area contributed by atoms with Crippen LogP contribution in [-0.4, -0.2) is 30.0 Å². The van der Waals surface area contributed by atoms with Crippen molar-refractivity contribution in [2.45, 2.75) is 51.5 Å². The summed E-state index contributed by atoms with van der Waals surface area (Å²) in [6, 6.07) is 0.503. The molecule has 1 saturated heterocycles. The van der Waals surface area contributed by atoms with E-state index < -0.39 is 5.92 Å². The maximum Gasteiger partial charge on any atom is 0.248 e. The molecule has 3 heteroatoms. The highest BCUT2D eigenvalue weighted by Crippen LogP contribution is 2.52. The third kappa shape index (κ3) is 1.79. The number of nitrogens with zero attached hydrogens (tertiary/aromatic N) is 1. The number of hydrogen-bond donors (Lipinski definition) is 0. The van der Waals surface area contributed by atoms with Crippen molar-refractivity contribution in [3.05, 3.63) is 0 Å². The molecule has 0 bridgehead atoms. The van der Waals surface area contributed by atoms with Gasteiger partial charge in [-0.05, 0) is 38.6 Å². The lowest BCUT2D eigenvalue weighted by atomic mass is 9.85. The highest BCUT2D eigenvalue weighted by molar-refractivity contribution is 4.99. The summed E-state index contributed by atoms with van der Waals surface area (Å²) in [7, 11) is 0. The third-order valence-electron chi connectivity index (χ3n) is 3.85. The van der Waals surface area contributed by atoms with Gasteiger partial charge in [-0.1, -0.05) is 0 Å². The molecule has 0 aromatic carbocycles. The van der Waals surface area contributed by atoms with Crippen molar-refractivity contribution in [3.63, 3.8) is 0 Å². The highest BCUT2D eigenvalue weighted by atomic mass is 19.3. The minimum Gasteiger partial charge on any atom is -0.300 e. The van der Waals surface area contributed by atoms with Gasteiger partial charge in [0.2, 0.25) is 5.92 Å². The zero-order chi connectivity index (χ0) is 10.4. The van der Waals surface area contributed by atoms with Crippen LogP contribution in [0.3, 0.4) is 0 Å². The fraction of sp³-hybridized carbons (Fsp3) is 1.00. The number of rotatable bonds is 1. The van der Waals surface area contributed by atoms with Crippen LogP contribution in [-0.2, 0) is 0 Å². The van der Waals surface area contributed by atoms with Gasteiger partial charge in [-0.15, -0.1) is 0 Å². The SMILES string of the molecule is CC(C)N1CCC2(CCC(F)(F)C2)C1. The first-order valence-corrected chi connectivity index (χ1v) is 5.54. The van der Waals surface area contributed by atoms with Gasteiger partial charge in [-0.2, -0.15) is 0 Å². The van der Waals surface area contributed by atoms with Crippen molar-refractivity contribution in [1.82, 2.24) is 4.90 Å². The van der Waals surface area contributed by atoms with E-state index in [1.807, 2.05) is 0 Å². The lowest BCUT2D eigenvalue weighted by Crippen LogP contribution is -2.31. The standard InChI is InChI=1S/C11H19F2N/c1-9(2)14-6-5-10(8-14)3-4-11(12,13)7-10/h9H,3-8H2,1-2H3. The Morgan fingerprint density at radius 3 is 2.29 bits per heavy atom. The predicted molar refractivity (Wildman–Crippen MR) is 52.6 cm³/mol. The monoisotopic (exact) mass is 203 g/mol. The minimum absolute atomic E-state index is 0.0478. The quantitative estimate of drug-likeness (QED) is 0.633. The molecule has 1 saturated carbocycles. The molecule has 2 fully saturated rings. The van der Waals surface area contributed by atoms with Gasteiger partial charge >= 0.3 is 0 Å². The molecule has 1 unspecified atom stereocenters. The Morgan fingerprint density at radius 2 is 1.86 bits per heavy atom. The fourth-order valence-electron chi connectivity index (χ4n) is 2.93. The van der Waals surface area contributed by atoms with Gasteiger partial charge in [0.05, 0.1) is 0 Å². The molecule has 0 radical (unpaired) electrons. The lowest BCUT2D eigenvalue weighted by Gasteiger charge is -2.25. The molecule has 0 amide bonds. The molecule has 82 valence electrons. The average molecular weight is 203 g/mol. The molecule has 1 heterocycles. The Hall–Kier alpha value is -0.180. The van der Waals surface area contributed by atoms with Crippen molar-refractivity contribution < 1.29 is 8.78 Å². The lowest BCUT2D eigenvalue weighted by molar-refractivity contribution is -0.00327. The van der Waals surface area contributed by atoms with Crippen LogP contribution in [0.2, 0.25) is 0 Å². The van der Waals surface area contributed by atoms with Crippen LogP contribution in [0.5, 0.6) is 0 Å². The van der Waals surface area contributed by atoms with Gasteiger partial charge in [0.1, 0.15) is 0 Å². The number of alkyl halides is 2. The molecule has 0 N–H and O–H groups in total. The fourth-order valence-corrected chi connectivity index (χ4v) is 2.93. The molecule has 0 aromatic heterocycles. The van der Waals surface area contributed by atoms with Crippen LogP contribution >= 0.6 is 0 Å². The van der Waals surface area contributed by atoms with Crippen LogP contribution in [0, 0.1) is 5.41 Å². The second-order valence-corrected chi connectivity index (χ2v) is 5.35. The Balaban J connectivity index is 2.01. The summed E-state index contributed by atoms with van der Waals surface area (Å²) in [5.41, 5.74) is -0.0478. The molecule has 1 aliphatic heterocycles. The molecule has 1 aliphatic carbocycles. The van der Waals surface area contributed by atoms with Crippen LogP contribution in [0.1, 0.15) is 39.5 Å². The van der Waals surface area contributed by atoms with E-state index in [1.165, 1.54) is 0 Å². The van der Waals surface area contributed by atoms with E-state index in [0.29, 0.717) is 6.04 Å². The van der Waals surface area contributed by atoms with Gasteiger partial charge in [0.25, 0.3) is 0 Å². The summed E-state index contributed by atoms with van der Waals surface area (Å²) >= 11 is 0. The van der Waals surface area contributed by atoms with Crippen LogP contribution in [0.4, 0.5) is 8.78 Å². The Labute approximate surface area is 84.5 Å². The molecule has 0 aromatic rings. The average Bonchev–Trinajstić information content (AvgIpc) is 2.58. The first-order valence-electron chi connectivity index (χ1n) is 5.54. The highest BCUT2D eigenvalue weighted by Gasteiger charge is 2.52. The second-order valence-electron chi connectivity index (χ2n) is 5.35. The number of halogens is 2. The topological polar surface area (TPSA) is 3.24 Å². The predicted octanol–water partition coefficient (Wildman–Crippen LogP) is 2.91. The Morgan fingerprint density at radius 1 is 1.14 bits per heavy atom. The molecule has 1 nitrogen and oxygen atoms in total. The molecular formula is C11H19F2N. The molecule has 2 aliphatic rings. The first-order chi connectivity index (χ1) is 6.43. The van der Waals surface area contributed by atoms with Crippen LogP contribution in [0.25, 0.3) is 0 Å². The van der Waals surface area contributed by atoms with Crippen molar-refractivity contribution in [3.8, 4) is 0 Å². The van der Waals surface area contributed by atoms with Gasteiger partial charge in [-0.25, -0.2) is 8.78 Å².